The van der Waals surface area contributed by atoms with E-state index in [0.29, 0.717) is 19.1 Å². The largest absolute Gasteiger partial charge is 0.497 e. The molecule has 5 nitrogen and oxygen atoms in total. The number of rotatable bonds is 9. The predicted octanol–water partition coefficient (Wildman–Crippen LogP) is 2.61. The summed E-state index contributed by atoms with van der Waals surface area (Å²) in [7, 11) is 1.65. The number of nitrogens with one attached hydrogen (secondary N) is 1. The molecule has 0 amide bonds. The summed E-state index contributed by atoms with van der Waals surface area (Å²) in [6.07, 6.45) is 1.74. The molecule has 0 heterocycles. The molecule has 0 saturated carbocycles. The number of guanidine groups is 1. The van der Waals surface area contributed by atoms with Gasteiger partial charge in [-0.05, 0) is 36.2 Å². The van der Waals surface area contributed by atoms with Crippen LogP contribution in [0.2, 0.25) is 0 Å². The van der Waals surface area contributed by atoms with Gasteiger partial charge in [0.2, 0.25) is 0 Å². The summed E-state index contributed by atoms with van der Waals surface area (Å²) in [5.41, 5.74) is 7.13. The fraction of sp³-hybridized carbons (Fsp3) is 0.316. The second-order valence-electron chi connectivity index (χ2n) is 5.31. The van der Waals surface area contributed by atoms with Crippen molar-refractivity contribution in [1.82, 2.24) is 5.32 Å². The third-order valence-electron chi connectivity index (χ3n) is 3.48. The van der Waals surface area contributed by atoms with E-state index in [1.165, 1.54) is 5.56 Å². The van der Waals surface area contributed by atoms with Crippen LogP contribution in [-0.4, -0.2) is 32.8 Å². The summed E-state index contributed by atoms with van der Waals surface area (Å²) in [6, 6.07) is 17.8. The van der Waals surface area contributed by atoms with Crippen molar-refractivity contribution < 1.29 is 9.47 Å². The standard InChI is InChI=1S/C19H25N3O2/c1-23-17-8-10-18(11-9-17)24-15-5-13-21-19(20)22-14-12-16-6-3-2-4-7-16/h2-4,6-11H,5,12-15H2,1H3,(H3,20,21,22). The molecular formula is C19H25N3O2. The second-order valence-corrected chi connectivity index (χ2v) is 5.31. The van der Waals surface area contributed by atoms with E-state index in [9.17, 15) is 0 Å². The van der Waals surface area contributed by atoms with Gasteiger partial charge in [0.25, 0.3) is 0 Å². The van der Waals surface area contributed by atoms with Crippen molar-refractivity contribution in [3.63, 3.8) is 0 Å². The molecule has 128 valence electrons. The van der Waals surface area contributed by atoms with Gasteiger partial charge in [-0.15, -0.1) is 0 Å². The molecule has 0 aliphatic rings. The number of benzene rings is 2. The van der Waals surface area contributed by atoms with Gasteiger partial charge in [0.05, 0.1) is 13.7 Å². The zero-order valence-corrected chi connectivity index (χ0v) is 14.1. The lowest BCUT2D eigenvalue weighted by Gasteiger charge is -2.07. The number of nitrogens with two attached hydrogens (primary N) is 1. The lowest BCUT2D eigenvalue weighted by molar-refractivity contribution is 0.312. The topological polar surface area (TPSA) is 68.9 Å². The maximum absolute atomic E-state index is 5.85. The molecule has 3 N–H and O–H groups in total. The highest BCUT2D eigenvalue weighted by atomic mass is 16.5. The van der Waals surface area contributed by atoms with E-state index in [1.54, 1.807) is 7.11 Å². The van der Waals surface area contributed by atoms with Gasteiger partial charge in [-0.25, -0.2) is 0 Å². The van der Waals surface area contributed by atoms with Crippen LogP contribution < -0.4 is 20.5 Å². The number of nitrogens with zero attached hydrogens (tertiary/aromatic N) is 1. The van der Waals surface area contributed by atoms with Crippen LogP contribution in [0.5, 0.6) is 11.5 Å². The molecule has 2 aromatic rings. The third kappa shape index (κ3) is 6.60. The Kier molecular flexibility index (Phi) is 7.47. The molecule has 2 rings (SSSR count). The molecule has 0 unspecified atom stereocenters. The molecule has 0 aromatic heterocycles. The number of hydrogen-bond acceptors (Lipinski definition) is 3. The maximum Gasteiger partial charge on any atom is 0.188 e. The number of hydrogen-bond donors (Lipinski definition) is 2. The zero-order valence-electron chi connectivity index (χ0n) is 14.1. The van der Waals surface area contributed by atoms with Crippen LogP contribution in [0.4, 0.5) is 0 Å². The van der Waals surface area contributed by atoms with E-state index in [-0.39, 0.29) is 0 Å². The van der Waals surface area contributed by atoms with Crippen molar-refractivity contribution >= 4 is 5.96 Å². The molecule has 0 aliphatic carbocycles. The van der Waals surface area contributed by atoms with E-state index in [4.69, 9.17) is 15.2 Å². The van der Waals surface area contributed by atoms with Gasteiger partial charge in [-0.3, -0.25) is 4.99 Å². The Morgan fingerprint density at radius 1 is 1.04 bits per heavy atom. The summed E-state index contributed by atoms with van der Waals surface area (Å²) < 4.78 is 10.7. The van der Waals surface area contributed by atoms with Gasteiger partial charge in [0.1, 0.15) is 11.5 Å². The fourth-order valence-electron chi connectivity index (χ4n) is 2.16. The minimum atomic E-state index is 0.482. The maximum atomic E-state index is 5.85. The van der Waals surface area contributed by atoms with E-state index in [0.717, 1.165) is 30.9 Å². The van der Waals surface area contributed by atoms with Crippen LogP contribution in [0.1, 0.15) is 12.0 Å². The lowest BCUT2D eigenvalue weighted by Crippen LogP contribution is -2.33. The lowest BCUT2D eigenvalue weighted by atomic mass is 10.1. The van der Waals surface area contributed by atoms with E-state index in [2.05, 4.69) is 22.4 Å². The third-order valence-corrected chi connectivity index (χ3v) is 3.48. The molecule has 0 radical (unpaired) electrons. The van der Waals surface area contributed by atoms with E-state index >= 15 is 0 Å². The van der Waals surface area contributed by atoms with Crippen molar-refractivity contribution in [3.05, 3.63) is 60.2 Å². The molecule has 5 heteroatoms. The smallest absolute Gasteiger partial charge is 0.188 e. The molecular weight excluding hydrogens is 302 g/mol. The van der Waals surface area contributed by atoms with Gasteiger partial charge in [0.15, 0.2) is 5.96 Å². The Labute approximate surface area is 143 Å². The first-order chi connectivity index (χ1) is 11.8. The van der Waals surface area contributed by atoms with E-state index < -0.39 is 0 Å². The van der Waals surface area contributed by atoms with Gasteiger partial charge >= 0.3 is 0 Å². The van der Waals surface area contributed by atoms with Crippen LogP contribution in [0.3, 0.4) is 0 Å². The first-order valence-corrected chi connectivity index (χ1v) is 8.12. The molecule has 0 spiro atoms. The van der Waals surface area contributed by atoms with Gasteiger partial charge in [0, 0.05) is 19.5 Å². The van der Waals surface area contributed by atoms with Crippen molar-refractivity contribution in [2.24, 2.45) is 10.7 Å². The Morgan fingerprint density at radius 2 is 1.75 bits per heavy atom. The van der Waals surface area contributed by atoms with Crippen molar-refractivity contribution in [1.29, 1.82) is 0 Å². The Morgan fingerprint density at radius 3 is 2.46 bits per heavy atom. The zero-order chi connectivity index (χ0) is 17.0. The summed E-state index contributed by atoms with van der Waals surface area (Å²) in [5, 5.41) is 3.13. The summed E-state index contributed by atoms with van der Waals surface area (Å²) >= 11 is 0. The minimum Gasteiger partial charge on any atom is -0.497 e. The van der Waals surface area contributed by atoms with Gasteiger partial charge in [-0.2, -0.15) is 0 Å². The number of aliphatic imine (C=N–C) groups is 1. The van der Waals surface area contributed by atoms with Gasteiger partial charge in [-0.1, -0.05) is 30.3 Å². The Bertz CT molecular complexity index is 612. The number of ether oxygens (including phenoxy) is 2. The fourth-order valence-corrected chi connectivity index (χ4v) is 2.16. The molecule has 0 saturated heterocycles. The first kappa shape index (κ1) is 17.7. The SMILES string of the molecule is COc1ccc(OCCCN=C(N)NCCc2ccccc2)cc1. The molecule has 0 fully saturated rings. The molecule has 24 heavy (non-hydrogen) atoms. The first-order valence-electron chi connectivity index (χ1n) is 8.12. The summed E-state index contributed by atoms with van der Waals surface area (Å²) in [6.45, 7) is 2.02. The van der Waals surface area contributed by atoms with Crippen molar-refractivity contribution in [2.75, 3.05) is 26.8 Å². The average Bonchev–Trinajstić information content (AvgIpc) is 2.63. The van der Waals surface area contributed by atoms with E-state index in [1.807, 2.05) is 42.5 Å². The quantitative estimate of drug-likeness (QED) is 0.422. The highest BCUT2D eigenvalue weighted by Gasteiger charge is 1.96. The Hall–Kier alpha value is -2.69. The van der Waals surface area contributed by atoms with Crippen LogP contribution in [0.15, 0.2) is 59.6 Å². The highest BCUT2D eigenvalue weighted by molar-refractivity contribution is 5.77. The van der Waals surface area contributed by atoms with Crippen LogP contribution in [-0.2, 0) is 6.42 Å². The summed E-state index contributed by atoms with van der Waals surface area (Å²) in [5.74, 6) is 2.13. The molecule has 2 aromatic carbocycles. The number of methoxy groups -OCH3 is 1. The average molecular weight is 327 g/mol. The van der Waals surface area contributed by atoms with Crippen LogP contribution in [0.25, 0.3) is 0 Å². The monoisotopic (exact) mass is 327 g/mol. The normalized spacial score (nSPS) is 11.1. The second kappa shape index (κ2) is 10.2. The predicted molar refractivity (Wildman–Crippen MR) is 97.7 cm³/mol. The molecule has 0 atom stereocenters. The van der Waals surface area contributed by atoms with Crippen LogP contribution in [0, 0.1) is 0 Å². The van der Waals surface area contributed by atoms with Crippen molar-refractivity contribution in [2.45, 2.75) is 12.8 Å². The van der Waals surface area contributed by atoms with Crippen molar-refractivity contribution in [3.8, 4) is 11.5 Å². The van der Waals surface area contributed by atoms with Gasteiger partial charge < -0.3 is 20.5 Å². The Balaban J connectivity index is 1.57. The molecule has 0 aliphatic heterocycles. The minimum absolute atomic E-state index is 0.482. The van der Waals surface area contributed by atoms with Crippen LogP contribution >= 0.6 is 0 Å². The highest BCUT2D eigenvalue weighted by Crippen LogP contribution is 2.16. The summed E-state index contributed by atoms with van der Waals surface area (Å²) in [4.78, 5) is 4.30. The molecule has 0 bridgehead atoms.